The van der Waals surface area contributed by atoms with Gasteiger partial charge in [-0.15, -0.1) is 24.0 Å². The standard InChI is InChI=1S/C21H32N6.HI/c1-4-22-21(24-13-17-11-12-27(5-2)15-17)26(3)16-20-23-14-19(25-20)18-9-7-6-8-10-18;/h6-10,14,17H,4-5,11-13,15-16H2,1-3H3,(H,22,24)(H,23,25);1H. The normalized spacial score (nSPS) is 17.4. The lowest BCUT2D eigenvalue weighted by molar-refractivity contribution is 0.343. The number of H-pyrrole nitrogens is 1. The molecule has 0 saturated carbocycles. The number of hydrogen-bond donors (Lipinski definition) is 2. The van der Waals surface area contributed by atoms with E-state index in [-0.39, 0.29) is 24.0 Å². The highest BCUT2D eigenvalue weighted by Crippen LogP contribution is 2.17. The van der Waals surface area contributed by atoms with Gasteiger partial charge in [0, 0.05) is 26.7 Å². The maximum atomic E-state index is 4.89. The van der Waals surface area contributed by atoms with Gasteiger partial charge >= 0.3 is 0 Å². The first-order chi connectivity index (χ1) is 13.2. The lowest BCUT2D eigenvalue weighted by Gasteiger charge is -2.21. The van der Waals surface area contributed by atoms with Crippen LogP contribution in [0.3, 0.4) is 0 Å². The van der Waals surface area contributed by atoms with E-state index in [9.17, 15) is 0 Å². The van der Waals surface area contributed by atoms with Crippen LogP contribution >= 0.6 is 24.0 Å². The molecule has 0 bridgehead atoms. The summed E-state index contributed by atoms with van der Waals surface area (Å²) >= 11 is 0. The molecule has 2 heterocycles. The Bertz CT molecular complexity index is 730. The van der Waals surface area contributed by atoms with Crippen molar-refractivity contribution in [2.45, 2.75) is 26.8 Å². The van der Waals surface area contributed by atoms with Crippen LogP contribution < -0.4 is 5.32 Å². The number of aromatic nitrogens is 2. The molecule has 1 saturated heterocycles. The van der Waals surface area contributed by atoms with E-state index >= 15 is 0 Å². The van der Waals surface area contributed by atoms with E-state index in [1.165, 1.54) is 19.5 Å². The highest BCUT2D eigenvalue weighted by atomic mass is 127. The number of rotatable bonds is 7. The summed E-state index contributed by atoms with van der Waals surface area (Å²) in [6, 6.07) is 10.3. The SMILES string of the molecule is CCNC(=NCC1CCN(CC)C1)N(C)Cc1ncc(-c2ccccc2)[nH]1.I. The van der Waals surface area contributed by atoms with Gasteiger partial charge in [-0.1, -0.05) is 37.3 Å². The Morgan fingerprint density at radius 1 is 1.32 bits per heavy atom. The zero-order chi connectivity index (χ0) is 19.1. The molecule has 28 heavy (non-hydrogen) atoms. The van der Waals surface area contributed by atoms with Crippen molar-refractivity contribution in [1.82, 2.24) is 25.1 Å². The number of halogens is 1. The number of aromatic amines is 1. The summed E-state index contributed by atoms with van der Waals surface area (Å²) in [5, 5.41) is 3.41. The molecule has 2 aromatic rings. The van der Waals surface area contributed by atoms with Crippen LogP contribution in [0.1, 0.15) is 26.1 Å². The molecule has 6 nitrogen and oxygen atoms in total. The number of likely N-dealkylation sites (tertiary alicyclic amines) is 1. The molecule has 0 radical (unpaired) electrons. The monoisotopic (exact) mass is 496 g/mol. The van der Waals surface area contributed by atoms with Crippen LogP contribution in [0.15, 0.2) is 41.5 Å². The van der Waals surface area contributed by atoms with Gasteiger partial charge in [-0.05, 0) is 37.9 Å². The van der Waals surface area contributed by atoms with Gasteiger partial charge in [-0.25, -0.2) is 4.98 Å². The van der Waals surface area contributed by atoms with Crippen LogP contribution in [-0.4, -0.2) is 65.5 Å². The molecule has 2 N–H and O–H groups in total. The molecular formula is C21H33IN6. The lowest BCUT2D eigenvalue weighted by Crippen LogP contribution is -2.39. The number of benzene rings is 1. The summed E-state index contributed by atoms with van der Waals surface area (Å²) in [4.78, 5) is 17.5. The van der Waals surface area contributed by atoms with Crippen molar-refractivity contribution in [2.24, 2.45) is 10.9 Å². The van der Waals surface area contributed by atoms with Crippen LogP contribution in [0, 0.1) is 5.92 Å². The van der Waals surface area contributed by atoms with Gasteiger partial charge < -0.3 is 20.1 Å². The molecule has 1 aromatic carbocycles. The Kier molecular flexibility index (Phi) is 9.24. The van der Waals surface area contributed by atoms with Gasteiger partial charge in [0.05, 0.1) is 18.4 Å². The molecule has 1 atom stereocenters. The summed E-state index contributed by atoms with van der Waals surface area (Å²) in [7, 11) is 2.07. The third-order valence-electron chi connectivity index (χ3n) is 5.11. The van der Waals surface area contributed by atoms with E-state index in [2.05, 4.69) is 58.1 Å². The van der Waals surface area contributed by atoms with Crippen molar-refractivity contribution < 1.29 is 0 Å². The van der Waals surface area contributed by atoms with Crippen molar-refractivity contribution in [3.8, 4) is 11.3 Å². The molecule has 1 aliphatic rings. The highest BCUT2D eigenvalue weighted by Gasteiger charge is 2.21. The Morgan fingerprint density at radius 3 is 2.79 bits per heavy atom. The maximum absolute atomic E-state index is 4.89. The van der Waals surface area contributed by atoms with Crippen molar-refractivity contribution in [1.29, 1.82) is 0 Å². The van der Waals surface area contributed by atoms with E-state index in [1.807, 2.05) is 24.4 Å². The zero-order valence-corrected chi connectivity index (χ0v) is 19.5. The zero-order valence-electron chi connectivity index (χ0n) is 17.2. The Balaban J connectivity index is 0.00000280. The van der Waals surface area contributed by atoms with Gasteiger partial charge in [-0.3, -0.25) is 4.99 Å². The molecular weight excluding hydrogens is 463 g/mol. The first-order valence-corrected chi connectivity index (χ1v) is 10.0. The number of nitrogens with zero attached hydrogens (tertiary/aromatic N) is 4. The van der Waals surface area contributed by atoms with Gasteiger partial charge in [0.25, 0.3) is 0 Å². The summed E-state index contributed by atoms with van der Waals surface area (Å²) in [5.74, 6) is 2.56. The van der Waals surface area contributed by atoms with Crippen LogP contribution in [0.2, 0.25) is 0 Å². The second-order valence-electron chi connectivity index (χ2n) is 7.21. The molecule has 154 valence electrons. The van der Waals surface area contributed by atoms with Crippen LogP contribution in [0.25, 0.3) is 11.3 Å². The maximum Gasteiger partial charge on any atom is 0.194 e. The topological polar surface area (TPSA) is 59.6 Å². The number of nitrogens with one attached hydrogen (secondary N) is 2. The Morgan fingerprint density at radius 2 is 2.11 bits per heavy atom. The van der Waals surface area contributed by atoms with Gasteiger partial charge in [-0.2, -0.15) is 0 Å². The Labute approximate surface area is 185 Å². The smallest absolute Gasteiger partial charge is 0.194 e. The molecule has 0 aliphatic carbocycles. The summed E-state index contributed by atoms with van der Waals surface area (Å²) in [6.45, 7) is 10.3. The summed E-state index contributed by atoms with van der Waals surface area (Å²) in [6.07, 6.45) is 3.15. The number of guanidine groups is 1. The fraction of sp³-hybridized carbons (Fsp3) is 0.524. The van der Waals surface area contributed by atoms with E-state index in [0.717, 1.165) is 42.7 Å². The largest absolute Gasteiger partial charge is 0.357 e. The Hall–Kier alpha value is -1.61. The fourth-order valence-corrected chi connectivity index (χ4v) is 3.54. The van der Waals surface area contributed by atoms with Crippen LogP contribution in [-0.2, 0) is 6.54 Å². The predicted octanol–water partition coefficient (Wildman–Crippen LogP) is 3.43. The van der Waals surface area contributed by atoms with Gasteiger partial charge in [0.2, 0.25) is 0 Å². The average molecular weight is 496 g/mol. The van der Waals surface area contributed by atoms with Gasteiger partial charge in [0.15, 0.2) is 5.96 Å². The first-order valence-electron chi connectivity index (χ1n) is 10.0. The first kappa shape index (κ1) is 22.7. The van der Waals surface area contributed by atoms with Crippen molar-refractivity contribution in [3.63, 3.8) is 0 Å². The van der Waals surface area contributed by atoms with Crippen molar-refractivity contribution in [3.05, 3.63) is 42.4 Å². The van der Waals surface area contributed by atoms with E-state index < -0.39 is 0 Å². The molecule has 0 spiro atoms. The molecule has 3 rings (SSSR count). The van der Waals surface area contributed by atoms with Crippen molar-refractivity contribution in [2.75, 3.05) is 39.8 Å². The number of hydrogen-bond acceptors (Lipinski definition) is 3. The third-order valence-corrected chi connectivity index (χ3v) is 5.11. The predicted molar refractivity (Wildman–Crippen MR) is 127 cm³/mol. The van der Waals surface area contributed by atoms with E-state index in [0.29, 0.717) is 12.5 Å². The molecule has 1 aliphatic heterocycles. The summed E-state index contributed by atoms with van der Waals surface area (Å²) < 4.78 is 0. The molecule has 0 amide bonds. The quantitative estimate of drug-likeness (QED) is 0.351. The fourth-order valence-electron chi connectivity index (χ4n) is 3.54. The second kappa shape index (κ2) is 11.4. The van der Waals surface area contributed by atoms with Crippen molar-refractivity contribution >= 4 is 29.9 Å². The van der Waals surface area contributed by atoms with Crippen LogP contribution in [0.5, 0.6) is 0 Å². The lowest BCUT2D eigenvalue weighted by atomic mass is 10.1. The third kappa shape index (κ3) is 6.20. The van der Waals surface area contributed by atoms with E-state index in [4.69, 9.17) is 4.99 Å². The second-order valence-corrected chi connectivity index (χ2v) is 7.21. The minimum Gasteiger partial charge on any atom is -0.357 e. The molecule has 1 unspecified atom stereocenters. The molecule has 1 fully saturated rings. The minimum absolute atomic E-state index is 0. The highest BCUT2D eigenvalue weighted by molar-refractivity contribution is 14.0. The molecule has 7 heteroatoms. The number of imidazole rings is 1. The number of aliphatic imine (C=N–C) groups is 1. The summed E-state index contributed by atoms with van der Waals surface area (Å²) in [5.41, 5.74) is 2.20. The van der Waals surface area contributed by atoms with Crippen LogP contribution in [0.4, 0.5) is 0 Å². The minimum atomic E-state index is 0. The van der Waals surface area contributed by atoms with E-state index in [1.54, 1.807) is 0 Å². The molecule has 1 aromatic heterocycles. The average Bonchev–Trinajstić information content (AvgIpc) is 3.35. The van der Waals surface area contributed by atoms with Gasteiger partial charge in [0.1, 0.15) is 5.82 Å².